The Labute approximate surface area is 163 Å². The number of nitrogens with zero attached hydrogens (tertiary/aromatic N) is 3. The van der Waals surface area contributed by atoms with Crippen molar-refractivity contribution in [2.45, 2.75) is 52.4 Å². The summed E-state index contributed by atoms with van der Waals surface area (Å²) in [5.74, 6) is 0.922. The van der Waals surface area contributed by atoms with Gasteiger partial charge in [-0.1, -0.05) is 53.7 Å². The van der Waals surface area contributed by atoms with Crippen molar-refractivity contribution in [2.24, 2.45) is 10.7 Å². The molecule has 3 rings (SSSR count). The zero-order valence-corrected chi connectivity index (χ0v) is 17.1. The van der Waals surface area contributed by atoms with E-state index in [-0.39, 0.29) is 18.1 Å². The fraction of sp³-hybridized carbons (Fsp3) is 0.429. The SMILES string of the molecule is CC(C)(C)c1ccc(C(=N)N)nc1.CC(C)(C)c1ccc(C2=NCN2)nc1.[2HH]. The highest BCUT2D eigenvalue weighted by Gasteiger charge is 2.16. The van der Waals surface area contributed by atoms with Gasteiger partial charge in [-0.2, -0.15) is 0 Å². The van der Waals surface area contributed by atoms with E-state index < -0.39 is 0 Å². The van der Waals surface area contributed by atoms with Gasteiger partial charge in [-0.15, -0.1) is 0 Å². The predicted molar refractivity (Wildman–Crippen MR) is 114 cm³/mol. The second-order valence-corrected chi connectivity index (χ2v) is 8.62. The van der Waals surface area contributed by atoms with E-state index in [0.29, 0.717) is 5.69 Å². The van der Waals surface area contributed by atoms with Crippen LogP contribution in [0.3, 0.4) is 0 Å². The number of hydrogen-bond acceptors (Lipinski definition) is 5. The second kappa shape index (κ2) is 7.86. The van der Waals surface area contributed by atoms with E-state index in [9.17, 15) is 0 Å². The molecule has 0 bridgehead atoms. The quantitative estimate of drug-likeness (QED) is 0.556. The van der Waals surface area contributed by atoms with Crippen LogP contribution in [0, 0.1) is 5.41 Å². The minimum atomic E-state index is 0. The highest BCUT2D eigenvalue weighted by Crippen LogP contribution is 2.21. The van der Waals surface area contributed by atoms with Crippen LogP contribution in [0.1, 0.15) is 65.5 Å². The van der Waals surface area contributed by atoms with Gasteiger partial charge in [0.15, 0.2) is 5.84 Å². The summed E-state index contributed by atoms with van der Waals surface area (Å²) in [5, 5.41) is 10.3. The largest absolute Gasteiger partial charge is 0.382 e. The molecule has 0 amide bonds. The molecule has 0 fully saturated rings. The first-order valence-electron chi connectivity index (χ1n) is 9.04. The number of aliphatic imine (C=N–C) groups is 1. The Morgan fingerprint density at radius 3 is 1.78 bits per heavy atom. The lowest BCUT2D eigenvalue weighted by atomic mass is 9.88. The van der Waals surface area contributed by atoms with Gasteiger partial charge in [-0.3, -0.25) is 15.4 Å². The first-order valence-corrected chi connectivity index (χ1v) is 9.04. The summed E-state index contributed by atoms with van der Waals surface area (Å²) < 4.78 is 0. The molecular formula is C21H32N6. The lowest BCUT2D eigenvalue weighted by molar-refractivity contribution is 0.587. The fourth-order valence-corrected chi connectivity index (χ4v) is 2.30. The summed E-state index contributed by atoms with van der Waals surface area (Å²) >= 11 is 0. The normalized spacial score (nSPS) is 13.5. The van der Waals surface area contributed by atoms with Gasteiger partial charge < -0.3 is 11.1 Å². The molecule has 0 unspecified atom stereocenters. The van der Waals surface area contributed by atoms with E-state index in [4.69, 9.17) is 11.1 Å². The van der Waals surface area contributed by atoms with Gasteiger partial charge in [0.05, 0.1) is 0 Å². The Kier molecular flexibility index (Phi) is 5.98. The smallest absolute Gasteiger partial charge is 0.150 e. The van der Waals surface area contributed by atoms with E-state index in [0.717, 1.165) is 23.8 Å². The van der Waals surface area contributed by atoms with E-state index in [1.165, 1.54) is 5.56 Å². The van der Waals surface area contributed by atoms with Gasteiger partial charge in [0.25, 0.3) is 0 Å². The van der Waals surface area contributed by atoms with Crippen molar-refractivity contribution < 1.29 is 1.43 Å². The number of pyridine rings is 2. The fourth-order valence-electron chi connectivity index (χ4n) is 2.30. The van der Waals surface area contributed by atoms with Crippen LogP contribution in [0.25, 0.3) is 0 Å². The van der Waals surface area contributed by atoms with Crippen LogP contribution in [0.15, 0.2) is 41.7 Å². The Morgan fingerprint density at radius 2 is 1.48 bits per heavy atom. The number of aromatic nitrogens is 2. The summed E-state index contributed by atoms with van der Waals surface area (Å²) in [7, 11) is 0. The molecule has 6 nitrogen and oxygen atoms in total. The molecule has 0 saturated carbocycles. The number of nitrogens with one attached hydrogen (secondary N) is 2. The summed E-state index contributed by atoms with van der Waals surface area (Å²) in [6.07, 6.45) is 3.70. The number of hydrogen-bond donors (Lipinski definition) is 3. The highest BCUT2D eigenvalue weighted by molar-refractivity contribution is 5.99. The van der Waals surface area contributed by atoms with Crippen molar-refractivity contribution >= 4 is 11.7 Å². The van der Waals surface area contributed by atoms with Crippen molar-refractivity contribution in [1.29, 1.82) is 5.41 Å². The summed E-state index contributed by atoms with van der Waals surface area (Å²) in [6, 6.07) is 7.88. The van der Waals surface area contributed by atoms with E-state index in [1.54, 1.807) is 12.3 Å². The van der Waals surface area contributed by atoms with Gasteiger partial charge in [0.1, 0.15) is 23.9 Å². The van der Waals surface area contributed by atoms with Crippen LogP contribution >= 0.6 is 0 Å². The molecule has 2 aromatic rings. The zero-order chi connectivity index (χ0) is 20.2. The molecule has 0 aliphatic carbocycles. The third-order valence-corrected chi connectivity index (χ3v) is 4.26. The predicted octanol–water partition coefficient (Wildman–Crippen LogP) is 3.60. The second-order valence-electron chi connectivity index (χ2n) is 8.62. The summed E-state index contributed by atoms with van der Waals surface area (Å²) in [4.78, 5) is 12.6. The van der Waals surface area contributed by atoms with Crippen molar-refractivity contribution in [2.75, 3.05) is 6.67 Å². The molecule has 4 N–H and O–H groups in total. The van der Waals surface area contributed by atoms with Gasteiger partial charge in [0.2, 0.25) is 0 Å². The average molecular weight is 370 g/mol. The maximum atomic E-state index is 7.18. The Bertz CT molecular complexity index is 812. The van der Waals surface area contributed by atoms with Gasteiger partial charge >= 0.3 is 0 Å². The summed E-state index contributed by atoms with van der Waals surface area (Å²) in [5.41, 5.74) is 9.43. The van der Waals surface area contributed by atoms with Crippen LogP contribution < -0.4 is 11.1 Å². The van der Waals surface area contributed by atoms with Gasteiger partial charge in [-0.25, -0.2) is 4.99 Å². The van der Waals surface area contributed by atoms with Crippen molar-refractivity contribution in [3.63, 3.8) is 0 Å². The minimum Gasteiger partial charge on any atom is -0.382 e. The van der Waals surface area contributed by atoms with Crippen LogP contribution in [-0.4, -0.2) is 28.3 Å². The van der Waals surface area contributed by atoms with Crippen molar-refractivity contribution in [3.05, 3.63) is 59.2 Å². The average Bonchev–Trinajstić information content (AvgIpc) is 2.53. The van der Waals surface area contributed by atoms with Crippen LogP contribution in [0.2, 0.25) is 0 Å². The van der Waals surface area contributed by atoms with Crippen molar-refractivity contribution in [3.8, 4) is 0 Å². The molecule has 1 aliphatic heterocycles. The number of nitrogen functional groups attached to an aromatic ring is 1. The Morgan fingerprint density at radius 1 is 0.963 bits per heavy atom. The molecule has 0 radical (unpaired) electrons. The molecule has 0 spiro atoms. The molecular weight excluding hydrogens is 336 g/mol. The number of amidine groups is 2. The number of rotatable bonds is 2. The molecule has 0 saturated heterocycles. The molecule has 3 heterocycles. The Hall–Kier alpha value is -2.76. The highest BCUT2D eigenvalue weighted by atomic mass is 15.2. The lowest BCUT2D eigenvalue weighted by Crippen LogP contribution is -2.35. The Balaban J connectivity index is 0.000000271. The summed E-state index contributed by atoms with van der Waals surface area (Å²) in [6.45, 7) is 13.6. The minimum absolute atomic E-state index is 0. The topological polar surface area (TPSA) is 100 Å². The van der Waals surface area contributed by atoms with Crippen LogP contribution in [0.4, 0.5) is 0 Å². The van der Waals surface area contributed by atoms with Crippen LogP contribution in [-0.2, 0) is 10.8 Å². The zero-order valence-electron chi connectivity index (χ0n) is 17.1. The maximum absolute atomic E-state index is 7.18. The maximum Gasteiger partial charge on any atom is 0.150 e. The van der Waals surface area contributed by atoms with E-state index in [1.807, 2.05) is 18.3 Å². The number of nitrogens with two attached hydrogens (primary N) is 1. The molecule has 0 atom stereocenters. The molecule has 0 aromatic carbocycles. The lowest BCUT2D eigenvalue weighted by Gasteiger charge is -2.20. The van der Waals surface area contributed by atoms with Crippen LogP contribution in [0.5, 0.6) is 0 Å². The third-order valence-electron chi connectivity index (χ3n) is 4.26. The van der Waals surface area contributed by atoms with E-state index in [2.05, 4.69) is 67.9 Å². The first kappa shape index (κ1) is 20.6. The molecule has 1 aliphatic rings. The molecule has 2 aromatic heterocycles. The van der Waals surface area contributed by atoms with E-state index >= 15 is 0 Å². The molecule has 6 heteroatoms. The van der Waals surface area contributed by atoms with Gasteiger partial charge in [0, 0.05) is 13.8 Å². The first-order chi connectivity index (χ1) is 12.5. The molecule has 27 heavy (non-hydrogen) atoms. The standard InChI is InChI=1S/C11H15N3.C10H15N3.H2/c1-11(2,3)8-4-5-9(12-6-8)10-13-7-14-10;1-10(2,3)7-4-5-8(9(11)12)13-6-7;/h4-6H,7H2,1-3H3,(H,13,14);4-6H,1-3H3,(H3,11,12);1H/i;;1+1. The van der Waals surface area contributed by atoms with Crippen molar-refractivity contribution in [1.82, 2.24) is 15.3 Å². The molecule has 146 valence electrons. The van der Waals surface area contributed by atoms with Gasteiger partial charge in [-0.05, 0) is 34.1 Å². The third kappa shape index (κ3) is 5.61. The monoisotopic (exact) mass is 369 g/mol.